The smallest absolute Gasteiger partial charge is 0.317 e. The zero-order chi connectivity index (χ0) is 10.3. The molecular formula is C9H11BrO3. The van der Waals surface area contributed by atoms with Crippen LogP contribution in [0.3, 0.4) is 0 Å². The zero-order valence-electron chi connectivity index (χ0n) is 7.59. The number of hydrogen-bond donors (Lipinski definition) is 0. The summed E-state index contributed by atoms with van der Waals surface area (Å²) in [6.45, 7) is 1.36. The second kappa shape index (κ2) is 6.67. The molecule has 1 atom stereocenters. The van der Waals surface area contributed by atoms with Crippen LogP contribution in [0.5, 0.6) is 0 Å². The molecule has 0 fully saturated rings. The Morgan fingerprint density at radius 3 is 2.46 bits per heavy atom. The average molecular weight is 247 g/mol. The summed E-state index contributed by atoms with van der Waals surface area (Å²) in [5.41, 5.74) is 0. The van der Waals surface area contributed by atoms with Gasteiger partial charge in [0.25, 0.3) is 0 Å². The molecule has 0 saturated carbocycles. The number of ketones is 1. The van der Waals surface area contributed by atoms with Gasteiger partial charge in [0.2, 0.25) is 0 Å². The van der Waals surface area contributed by atoms with Crippen LogP contribution in [0, 0.1) is 17.8 Å². The van der Waals surface area contributed by atoms with E-state index < -0.39 is 11.9 Å². The molecule has 0 rings (SSSR count). The molecule has 0 aliphatic rings. The highest BCUT2D eigenvalue weighted by molar-refractivity contribution is 9.09. The Hall–Kier alpha value is -0.820. The Labute approximate surface area is 86.0 Å². The molecule has 0 amide bonds. The quantitative estimate of drug-likeness (QED) is 0.325. The number of esters is 1. The van der Waals surface area contributed by atoms with Gasteiger partial charge in [-0.1, -0.05) is 21.9 Å². The average Bonchev–Trinajstić information content (AvgIpc) is 2.11. The van der Waals surface area contributed by atoms with Gasteiger partial charge in [-0.25, -0.2) is 0 Å². The summed E-state index contributed by atoms with van der Waals surface area (Å²) in [5.74, 6) is 3.96. The molecule has 0 saturated heterocycles. The third-order valence-corrected chi connectivity index (χ3v) is 1.75. The highest BCUT2D eigenvalue weighted by Gasteiger charge is 2.22. The van der Waals surface area contributed by atoms with Gasteiger partial charge in [-0.3, -0.25) is 9.59 Å². The monoisotopic (exact) mass is 246 g/mol. The van der Waals surface area contributed by atoms with Crippen LogP contribution in [-0.4, -0.2) is 24.2 Å². The van der Waals surface area contributed by atoms with Crippen molar-refractivity contribution in [2.24, 2.45) is 5.92 Å². The lowest BCUT2D eigenvalue weighted by Gasteiger charge is -2.06. The van der Waals surface area contributed by atoms with Crippen molar-refractivity contribution in [3.63, 3.8) is 0 Å². The highest BCUT2D eigenvalue weighted by atomic mass is 79.9. The van der Waals surface area contributed by atoms with Crippen LogP contribution in [-0.2, 0) is 14.3 Å². The van der Waals surface area contributed by atoms with E-state index in [-0.39, 0.29) is 12.2 Å². The summed E-state index contributed by atoms with van der Waals surface area (Å²) >= 11 is 3.12. The minimum absolute atomic E-state index is 0.212. The molecule has 0 aliphatic heterocycles. The van der Waals surface area contributed by atoms with Gasteiger partial charge in [0.05, 0.1) is 12.4 Å². The Morgan fingerprint density at radius 1 is 1.46 bits per heavy atom. The summed E-state index contributed by atoms with van der Waals surface area (Å²) in [7, 11) is 1.26. The fraction of sp³-hybridized carbons (Fsp3) is 0.556. The summed E-state index contributed by atoms with van der Waals surface area (Å²) < 4.78 is 4.47. The molecule has 1 unspecified atom stereocenters. The topological polar surface area (TPSA) is 43.4 Å². The Bertz CT molecular complexity index is 249. The molecule has 0 aromatic heterocycles. The molecule has 0 radical (unpaired) electrons. The Morgan fingerprint density at radius 2 is 2.08 bits per heavy atom. The van der Waals surface area contributed by atoms with E-state index in [9.17, 15) is 9.59 Å². The molecule has 4 heteroatoms. The fourth-order valence-electron chi connectivity index (χ4n) is 0.757. The number of halogens is 1. The SMILES string of the molecule is COC(=O)C(CC#CCBr)C(C)=O. The standard InChI is InChI=1S/C9H11BrO3/c1-7(11)8(9(12)13-2)5-3-4-6-10/h8H,5-6H2,1-2H3. The van der Waals surface area contributed by atoms with Gasteiger partial charge in [-0.2, -0.15) is 0 Å². The molecule has 0 bridgehead atoms. The van der Waals surface area contributed by atoms with Crippen molar-refractivity contribution in [3.8, 4) is 11.8 Å². The second-order valence-electron chi connectivity index (χ2n) is 2.38. The maximum Gasteiger partial charge on any atom is 0.317 e. The molecule has 0 aromatic carbocycles. The molecule has 0 aromatic rings. The lowest BCUT2D eigenvalue weighted by molar-refractivity contribution is -0.148. The highest BCUT2D eigenvalue weighted by Crippen LogP contribution is 2.05. The number of carbonyl (C=O) groups excluding carboxylic acids is 2. The zero-order valence-corrected chi connectivity index (χ0v) is 9.18. The lowest BCUT2D eigenvalue weighted by Crippen LogP contribution is -2.22. The first-order valence-corrected chi connectivity index (χ1v) is 4.85. The second-order valence-corrected chi connectivity index (χ2v) is 2.94. The first-order valence-electron chi connectivity index (χ1n) is 3.73. The first-order chi connectivity index (χ1) is 6.13. The number of Topliss-reactive ketones (excluding diaryl/α,β-unsaturated/α-hetero) is 1. The van der Waals surface area contributed by atoms with E-state index in [1.165, 1.54) is 14.0 Å². The van der Waals surface area contributed by atoms with E-state index in [1.54, 1.807) is 0 Å². The number of carbonyl (C=O) groups is 2. The first kappa shape index (κ1) is 12.2. The van der Waals surface area contributed by atoms with Gasteiger partial charge in [-0.15, -0.1) is 5.92 Å². The maximum atomic E-state index is 11.0. The van der Waals surface area contributed by atoms with Crippen molar-refractivity contribution in [1.82, 2.24) is 0 Å². The molecule has 0 spiro atoms. The fourth-order valence-corrected chi connectivity index (χ4v) is 0.955. The molecule has 72 valence electrons. The van der Waals surface area contributed by atoms with Crippen molar-refractivity contribution < 1.29 is 14.3 Å². The molecule has 13 heavy (non-hydrogen) atoms. The van der Waals surface area contributed by atoms with E-state index in [0.29, 0.717) is 5.33 Å². The van der Waals surface area contributed by atoms with E-state index in [0.717, 1.165) is 0 Å². The molecule has 0 heterocycles. The van der Waals surface area contributed by atoms with Crippen LogP contribution in [0.2, 0.25) is 0 Å². The third kappa shape index (κ3) is 4.69. The summed E-state index contributed by atoms with van der Waals surface area (Å²) in [4.78, 5) is 22.0. The van der Waals surface area contributed by atoms with Gasteiger partial charge < -0.3 is 4.74 Å². The molecule has 0 N–H and O–H groups in total. The van der Waals surface area contributed by atoms with Crippen LogP contribution in [0.15, 0.2) is 0 Å². The van der Waals surface area contributed by atoms with Crippen molar-refractivity contribution >= 4 is 27.7 Å². The number of hydrogen-bond acceptors (Lipinski definition) is 3. The van der Waals surface area contributed by atoms with Crippen LogP contribution in [0.1, 0.15) is 13.3 Å². The normalized spacial score (nSPS) is 11.0. The van der Waals surface area contributed by atoms with E-state index >= 15 is 0 Å². The predicted octanol–water partition coefficient (Wildman–Crippen LogP) is 1.15. The third-order valence-electron chi connectivity index (χ3n) is 1.47. The van der Waals surface area contributed by atoms with Gasteiger partial charge in [0.15, 0.2) is 0 Å². The van der Waals surface area contributed by atoms with Crippen LogP contribution >= 0.6 is 15.9 Å². The number of rotatable bonds is 3. The molecule has 0 aliphatic carbocycles. The molecular weight excluding hydrogens is 236 g/mol. The maximum absolute atomic E-state index is 11.0. The van der Waals surface area contributed by atoms with Crippen molar-refractivity contribution in [2.45, 2.75) is 13.3 Å². The van der Waals surface area contributed by atoms with Gasteiger partial charge in [0, 0.05) is 6.42 Å². The van der Waals surface area contributed by atoms with Crippen LogP contribution < -0.4 is 0 Å². The minimum atomic E-state index is -0.739. The minimum Gasteiger partial charge on any atom is -0.468 e. The van der Waals surface area contributed by atoms with Crippen molar-refractivity contribution in [1.29, 1.82) is 0 Å². The molecule has 3 nitrogen and oxygen atoms in total. The summed E-state index contributed by atoms with van der Waals surface area (Å²) in [6, 6.07) is 0. The Balaban J connectivity index is 4.27. The Kier molecular flexibility index (Phi) is 6.25. The summed E-state index contributed by atoms with van der Waals surface area (Å²) in [5, 5.41) is 0.540. The van der Waals surface area contributed by atoms with E-state index in [4.69, 9.17) is 0 Å². The van der Waals surface area contributed by atoms with E-state index in [2.05, 4.69) is 32.5 Å². The summed E-state index contributed by atoms with van der Waals surface area (Å²) in [6.07, 6.45) is 0.230. The van der Waals surface area contributed by atoms with Gasteiger partial charge in [-0.05, 0) is 6.92 Å². The number of methoxy groups -OCH3 is 1. The lowest BCUT2D eigenvalue weighted by atomic mass is 10.0. The van der Waals surface area contributed by atoms with Crippen molar-refractivity contribution in [2.75, 3.05) is 12.4 Å². The predicted molar refractivity (Wildman–Crippen MR) is 52.4 cm³/mol. The van der Waals surface area contributed by atoms with Crippen LogP contribution in [0.4, 0.5) is 0 Å². The number of alkyl halides is 1. The van der Waals surface area contributed by atoms with E-state index in [1.807, 2.05) is 0 Å². The van der Waals surface area contributed by atoms with Gasteiger partial charge in [0.1, 0.15) is 11.7 Å². The van der Waals surface area contributed by atoms with Crippen molar-refractivity contribution in [3.05, 3.63) is 0 Å². The number of ether oxygens (including phenoxy) is 1. The largest absolute Gasteiger partial charge is 0.468 e. The van der Waals surface area contributed by atoms with Gasteiger partial charge >= 0.3 is 5.97 Å². The van der Waals surface area contributed by atoms with Crippen LogP contribution in [0.25, 0.3) is 0 Å².